The van der Waals surface area contributed by atoms with E-state index in [1.165, 1.54) is 24.2 Å². The first-order chi connectivity index (χ1) is 13.7. The summed E-state index contributed by atoms with van der Waals surface area (Å²) < 4.78 is 16.2. The predicted molar refractivity (Wildman–Crippen MR) is 108 cm³/mol. The van der Waals surface area contributed by atoms with E-state index in [1.807, 2.05) is 39.8 Å². The fraction of sp³-hybridized carbons (Fsp3) is 0.286. The molecule has 144 valence electrons. The van der Waals surface area contributed by atoms with Gasteiger partial charge in [0.15, 0.2) is 11.0 Å². The molecule has 1 saturated heterocycles. The molecule has 0 aliphatic carbocycles. The molecule has 7 heteroatoms. The van der Waals surface area contributed by atoms with E-state index in [4.69, 9.17) is 0 Å². The number of aromatic nitrogens is 3. The molecule has 0 spiro atoms. The van der Waals surface area contributed by atoms with Crippen LogP contribution in [0.25, 0.3) is 17.1 Å². The van der Waals surface area contributed by atoms with E-state index < -0.39 is 0 Å². The second-order valence-corrected chi connectivity index (χ2v) is 7.63. The standard InChI is InChI=1S/C21H21FN4OS/c22-18-12-6-5-11-17(18)20-23-24-21(26(20)16-9-3-1-4-10-16)28-15-19(27)25-13-7-2-8-14-25/h1,3-6,9-12H,2,7-8,13-15H2. The highest BCUT2D eigenvalue weighted by molar-refractivity contribution is 7.99. The molecule has 3 aromatic rings. The van der Waals surface area contributed by atoms with Crippen molar-refractivity contribution < 1.29 is 9.18 Å². The topological polar surface area (TPSA) is 51.0 Å². The van der Waals surface area contributed by atoms with Crippen LogP contribution in [0.2, 0.25) is 0 Å². The summed E-state index contributed by atoms with van der Waals surface area (Å²) in [5.74, 6) is 0.479. The molecule has 0 N–H and O–H groups in total. The number of hydrogen-bond acceptors (Lipinski definition) is 4. The summed E-state index contributed by atoms with van der Waals surface area (Å²) in [4.78, 5) is 14.5. The third-order valence-electron chi connectivity index (χ3n) is 4.80. The smallest absolute Gasteiger partial charge is 0.233 e. The average Bonchev–Trinajstić information content (AvgIpc) is 3.17. The maximum atomic E-state index is 14.4. The number of benzene rings is 2. The maximum Gasteiger partial charge on any atom is 0.233 e. The minimum Gasteiger partial charge on any atom is -0.342 e. The van der Waals surface area contributed by atoms with E-state index in [9.17, 15) is 9.18 Å². The van der Waals surface area contributed by atoms with E-state index in [0.717, 1.165) is 31.6 Å². The molecule has 2 aromatic carbocycles. The zero-order valence-electron chi connectivity index (χ0n) is 15.4. The van der Waals surface area contributed by atoms with Gasteiger partial charge in [0.25, 0.3) is 0 Å². The van der Waals surface area contributed by atoms with Crippen LogP contribution in [0.15, 0.2) is 59.8 Å². The lowest BCUT2D eigenvalue weighted by molar-refractivity contribution is -0.129. The van der Waals surface area contributed by atoms with Crippen molar-refractivity contribution in [2.75, 3.05) is 18.8 Å². The van der Waals surface area contributed by atoms with Gasteiger partial charge < -0.3 is 4.90 Å². The average molecular weight is 396 g/mol. The first kappa shape index (κ1) is 18.7. The van der Waals surface area contributed by atoms with E-state index in [0.29, 0.717) is 22.3 Å². The number of piperidine rings is 1. The molecule has 0 radical (unpaired) electrons. The molecule has 2 heterocycles. The number of rotatable bonds is 5. The minimum atomic E-state index is -0.354. The Labute approximate surface area is 167 Å². The molecular formula is C21H21FN4OS. The highest BCUT2D eigenvalue weighted by Crippen LogP contribution is 2.29. The summed E-state index contributed by atoms with van der Waals surface area (Å²) in [7, 11) is 0. The Balaban J connectivity index is 1.64. The predicted octanol–water partition coefficient (Wildman–Crippen LogP) is 4.18. The van der Waals surface area contributed by atoms with Crippen LogP contribution in [0.3, 0.4) is 0 Å². The SMILES string of the molecule is O=C(CSc1nnc(-c2ccccc2F)n1-c1ccccc1)N1CCCCC1. The van der Waals surface area contributed by atoms with Crippen LogP contribution in [0.5, 0.6) is 0 Å². The Morgan fingerprint density at radius 2 is 1.68 bits per heavy atom. The summed E-state index contributed by atoms with van der Waals surface area (Å²) in [6.07, 6.45) is 3.31. The van der Waals surface area contributed by atoms with E-state index in [-0.39, 0.29) is 11.7 Å². The van der Waals surface area contributed by atoms with Crippen molar-refractivity contribution in [3.63, 3.8) is 0 Å². The van der Waals surface area contributed by atoms with Crippen LogP contribution < -0.4 is 0 Å². The van der Waals surface area contributed by atoms with Crippen LogP contribution in [0.1, 0.15) is 19.3 Å². The zero-order chi connectivity index (χ0) is 19.3. The Kier molecular flexibility index (Phi) is 5.71. The molecule has 0 saturated carbocycles. The Hall–Kier alpha value is -2.67. The van der Waals surface area contributed by atoms with Crippen molar-refractivity contribution in [2.24, 2.45) is 0 Å². The molecule has 1 amide bonds. The number of carbonyl (C=O) groups excluding carboxylic acids is 1. The number of nitrogens with zero attached hydrogens (tertiary/aromatic N) is 4. The third kappa shape index (κ3) is 3.94. The van der Waals surface area contributed by atoms with Gasteiger partial charge in [-0.3, -0.25) is 9.36 Å². The lowest BCUT2D eigenvalue weighted by atomic mass is 10.1. The van der Waals surface area contributed by atoms with E-state index in [1.54, 1.807) is 18.2 Å². The van der Waals surface area contributed by atoms with Crippen LogP contribution in [0, 0.1) is 5.82 Å². The third-order valence-corrected chi connectivity index (χ3v) is 5.71. The van der Waals surface area contributed by atoms with E-state index >= 15 is 0 Å². The molecule has 1 aliphatic rings. The normalized spacial score (nSPS) is 14.2. The minimum absolute atomic E-state index is 0.111. The van der Waals surface area contributed by atoms with Gasteiger partial charge in [-0.05, 0) is 43.5 Å². The molecule has 5 nitrogen and oxygen atoms in total. The molecule has 1 fully saturated rings. The molecule has 1 aromatic heterocycles. The van der Waals surface area contributed by atoms with E-state index in [2.05, 4.69) is 10.2 Å². The molecule has 28 heavy (non-hydrogen) atoms. The quantitative estimate of drug-likeness (QED) is 0.607. The van der Waals surface area contributed by atoms with Crippen LogP contribution in [-0.4, -0.2) is 44.4 Å². The molecule has 1 aliphatic heterocycles. The molecular weight excluding hydrogens is 375 g/mol. The van der Waals surface area contributed by atoms with Crippen molar-refractivity contribution in [2.45, 2.75) is 24.4 Å². The summed E-state index contributed by atoms with van der Waals surface area (Å²) in [6, 6.07) is 16.1. The lowest BCUT2D eigenvalue weighted by Crippen LogP contribution is -2.36. The number of likely N-dealkylation sites (tertiary alicyclic amines) is 1. The summed E-state index contributed by atoms with van der Waals surface area (Å²) >= 11 is 1.34. The van der Waals surface area contributed by atoms with Crippen molar-refractivity contribution in [3.05, 3.63) is 60.4 Å². The monoisotopic (exact) mass is 396 g/mol. The fourth-order valence-corrected chi connectivity index (χ4v) is 4.21. The first-order valence-electron chi connectivity index (χ1n) is 9.40. The maximum absolute atomic E-state index is 14.4. The van der Waals surface area contributed by atoms with Gasteiger partial charge >= 0.3 is 0 Å². The lowest BCUT2D eigenvalue weighted by Gasteiger charge is -2.26. The number of thioether (sulfide) groups is 1. The number of halogens is 1. The fourth-order valence-electron chi connectivity index (χ4n) is 3.35. The van der Waals surface area contributed by atoms with Crippen LogP contribution >= 0.6 is 11.8 Å². The Morgan fingerprint density at radius 1 is 0.964 bits per heavy atom. The largest absolute Gasteiger partial charge is 0.342 e. The van der Waals surface area contributed by atoms with Gasteiger partial charge in [0.2, 0.25) is 5.91 Å². The van der Waals surface area contributed by atoms with Crippen molar-refractivity contribution in [1.82, 2.24) is 19.7 Å². The summed E-state index contributed by atoms with van der Waals surface area (Å²) in [6.45, 7) is 1.65. The highest BCUT2D eigenvalue weighted by atomic mass is 32.2. The van der Waals surface area contributed by atoms with Crippen LogP contribution in [-0.2, 0) is 4.79 Å². The van der Waals surface area contributed by atoms with Crippen molar-refractivity contribution in [1.29, 1.82) is 0 Å². The van der Waals surface area contributed by atoms with Gasteiger partial charge in [0, 0.05) is 18.8 Å². The second kappa shape index (κ2) is 8.56. The van der Waals surface area contributed by atoms with Gasteiger partial charge in [-0.15, -0.1) is 10.2 Å². The summed E-state index contributed by atoms with van der Waals surface area (Å²) in [5, 5.41) is 9.09. The number of para-hydroxylation sites is 1. The Bertz CT molecular complexity index is 954. The van der Waals surface area contributed by atoms with Crippen LogP contribution in [0.4, 0.5) is 4.39 Å². The molecule has 0 bridgehead atoms. The highest BCUT2D eigenvalue weighted by Gasteiger charge is 2.21. The first-order valence-corrected chi connectivity index (χ1v) is 10.4. The Morgan fingerprint density at radius 3 is 2.43 bits per heavy atom. The number of carbonyl (C=O) groups is 1. The van der Waals surface area contributed by atoms with Gasteiger partial charge in [-0.25, -0.2) is 4.39 Å². The van der Waals surface area contributed by atoms with Gasteiger partial charge in [-0.2, -0.15) is 0 Å². The molecule has 0 unspecified atom stereocenters. The molecule has 0 atom stereocenters. The van der Waals surface area contributed by atoms with Gasteiger partial charge in [-0.1, -0.05) is 42.1 Å². The van der Waals surface area contributed by atoms with Crippen molar-refractivity contribution >= 4 is 17.7 Å². The van der Waals surface area contributed by atoms with Gasteiger partial charge in [0.1, 0.15) is 5.82 Å². The number of amides is 1. The van der Waals surface area contributed by atoms with Gasteiger partial charge in [0.05, 0.1) is 11.3 Å². The van der Waals surface area contributed by atoms with Crippen molar-refractivity contribution in [3.8, 4) is 17.1 Å². The summed E-state index contributed by atoms with van der Waals surface area (Å²) in [5.41, 5.74) is 1.21. The molecule has 4 rings (SSSR count). The second-order valence-electron chi connectivity index (χ2n) is 6.69. The zero-order valence-corrected chi connectivity index (χ0v) is 16.2. The number of hydrogen-bond donors (Lipinski definition) is 0.